The van der Waals surface area contributed by atoms with Crippen LogP contribution in [0.3, 0.4) is 0 Å². The molecule has 0 bridgehead atoms. The Morgan fingerprint density at radius 3 is 2.44 bits per heavy atom. The van der Waals surface area contributed by atoms with Crippen molar-refractivity contribution < 1.29 is 0 Å². The van der Waals surface area contributed by atoms with E-state index >= 15 is 0 Å². The van der Waals surface area contributed by atoms with Crippen molar-refractivity contribution >= 4 is 0 Å². The molecule has 3 aromatic rings. The molecule has 0 spiro atoms. The Balaban J connectivity index is 1.54. The van der Waals surface area contributed by atoms with Crippen molar-refractivity contribution in [1.29, 1.82) is 0 Å². The van der Waals surface area contributed by atoms with Gasteiger partial charge in [0, 0.05) is 6.42 Å². The first-order chi connectivity index (χ1) is 12.2. The minimum absolute atomic E-state index is 0.0354. The molecule has 126 valence electrons. The molecular formula is C21H21N3O. The summed E-state index contributed by atoms with van der Waals surface area (Å²) in [7, 11) is 0. The summed E-state index contributed by atoms with van der Waals surface area (Å²) in [4.78, 5) is 13.0. The van der Waals surface area contributed by atoms with Crippen molar-refractivity contribution in [3.05, 3.63) is 82.0 Å². The second kappa shape index (κ2) is 5.19. The van der Waals surface area contributed by atoms with E-state index in [9.17, 15) is 4.79 Å². The minimum Gasteiger partial charge on any atom is -0.271 e. The van der Waals surface area contributed by atoms with Gasteiger partial charge in [0.2, 0.25) is 0 Å². The van der Waals surface area contributed by atoms with E-state index in [1.54, 1.807) is 4.68 Å². The van der Waals surface area contributed by atoms with E-state index in [-0.39, 0.29) is 11.7 Å². The molecular weight excluding hydrogens is 310 g/mol. The van der Waals surface area contributed by atoms with E-state index in [0.29, 0.717) is 5.41 Å². The molecule has 0 amide bonds. The van der Waals surface area contributed by atoms with Crippen molar-refractivity contribution in [3.8, 4) is 5.69 Å². The summed E-state index contributed by atoms with van der Waals surface area (Å²) >= 11 is 0. The molecule has 0 radical (unpaired) electrons. The van der Waals surface area contributed by atoms with Gasteiger partial charge in [-0.2, -0.15) is 4.68 Å². The van der Waals surface area contributed by atoms with Gasteiger partial charge >= 0.3 is 5.69 Å². The molecule has 4 nitrogen and oxygen atoms in total. The van der Waals surface area contributed by atoms with Crippen LogP contribution in [-0.4, -0.2) is 14.3 Å². The number of aromatic nitrogens is 3. The van der Waals surface area contributed by atoms with E-state index in [0.717, 1.165) is 24.4 Å². The number of nitrogens with zero attached hydrogens (tertiary/aromatic N) is 3. The Morgan fingerprint density at radius 1 is 1.04 bits per heavy atom. The second-order valence-electron chi connectivity index (χ2n) is 7.55. The predicted octanol–water partition coefficient (Wildman–Crippen LogP) is 3.62. The van der Waals surface area contributed by atoms with Gasteiger partial charge in [0.25, 0.3) is 0 Å². The Kier molecular flexibility index (Phi) is 3.05. The fraction of sp³-hybridized carbons (Fsp3) is 0.333. The third-order valence-corrected chi connectivity index (χ3v) is 5.83. The van der Waals surface area contributed by atoms with Crippen molar-refractivity contribution in [2.45, 2.75) is 44.1 Å². The van der Waals surface area contributed by atoms with Crippen molar-refractivity contribution in [1.82, 2.24) is 14.3 Å². The zero-order valence-electron chi connectivity index (χ0n) is 14.4. The molecule has 1 fully saturated rings. The summed E-state index contributed by atoms with van der Waals surface area (Å²) in [5.74, 6) is 0.886. The second-order valence-corrected chi connectivity index (χ2v) is 7.55. The van der Waals surface area contributed by atoms with Crippen LogP contribution in [0.25, 0.3) is 5.69 Å². The van der Waals surface area contributed by atoms with Crippen molar-refractivity contribution in [2.75, 3.05) is 0 Å². The van der Waals surface area contributed by atoms with Crippen LogP contribution in [0.15, 0.2) is 59.4 Å². The van der Waals surface area contributed by atoms with Crippen molar-refractivity contribution in [3.63, 3.8) is 0 Å². The summed E-state index contributed by atoms with van der Waals surface area (Å²) in [6, 6.07) is 18.7. The van der Waals surface area contributed by atoms with Crippen LogP contribution in [0.5, 0.6) is 0 Å². The monoisotopic (exact) mass is 331 g/mol. The van der Waals surface area contributed by atoms with Crippen LogP contribution in [0.4, 0.5) is 0 Å². The highest BCUT2D eigenvalue weighted by molar-refractivity contribution is 5.39. The molecule has 25 heavy (non-hydrogen) atoms. The molecule has 1 aliphatic carbocycles. The summed E-state index contributed by atoms with van der Waals surface area (Å²) in [6.07, 6.45) is 4.30. The summed E-state index contributed by atoms with van der Waals surface area (Å²) in [6.45, 7) is 2.30. The molecule has 1 atom stereocenters. The molecule has 2 aliphatic rings. The SMILES string of the molecule is CC1(c2ccc(-n3nc4n(c3=O)C(c3ccccc3)CC4)cc2)CC1. The zero-order valence-corrected chi connectivity index (χ0v) is 14.4. The first kappa shape index (κ1) is 14.7. The Morgan fingerprint density at radius 2 is 1.76 bits per heavy atom. The van der Waals surface area contributed by atoms with Gasteiger partial charge in [0.05, 0.1) is 11.7 Å². The van der Waals surface area contributed by atoms with Gasteiger partial charge in [0.15, 0.2) is 0 Å². The lowest BCUT2D eigenvalue weighted by atomic mass is 9.98. The van der Waals surface area contributed by atoms with Crippen LogP contribution in [0.2, 0.25) is 0 Å². The Bertz CT molecular complexity index is 978. The average molecular weight is 331 g/mol. The lowest BCUT2D eigenvalue weighted by Gasteiger charge is -2.12. The summed E-state index contributed by atoms with van der Waals surface area (Å²) in [5, 5.41) is 4.61. The largest absolute Gasteiger partial charge is 0.351 e. The molecule has 2 aromatic carbocycles. The van der Waals surface area contributed by atoms with Gasteiger partial charge < -0.3 is 0 Å². The maximum absolute atomic E-state index is 13.0. The fourth-order valence-electron chi connectivity index (χ4n) is 3.94. The number of aryl methyl sites for hydroxylation is 1. The molecule has 5 rings (SSSR count). The zero-order chi connectivity index (χ0) is 17.0. The number of benzene rings is 2. The topological polar surface area (TPSA) is 39.8 Å². The molecule has 2 heterocycles. The minimum atomic E-state index is -0.0354. The first-order valence-electron chi connectivity index (χ1n) is 9.02. The van der Waals surface area contributed by atoms with Gasteiger partial charge in [-0.05, 0) is 47.9 Å². The third-order valence-electron chi connectivity index (χ3n) is 5.83. The van der Waals surface area contributed by atoms with E-state index in [4.69, 9.17) is 0 Å². The molecule has 1 saturated carbocycles. The van der Waals surface area contributed by atoms with Crippen LogP contribution in [-0.2, 0) is 11.8 Å². The van der Waals surface area contributed by atoms with Gasteiger partial charge in [0.1, 0.15) is 5.82 Å². The molecule has 1 unspecified atom stereocenters. The fourth-order valence-corrected chi connectivity index (χ4v) is 3.94. The molecule has 4 heteroatoms. The van der Waals surface area contributed by atoms with E-state index in [1.165, 1.54) is 24.0 Å². The van der Waals surface area contributed by atoms with Gasteiger partial charge in [-0.3, -0.25) is 4.57 Å². The first-order valence-corrected chi connectivity index (χ1v) is 9.02. The normalized spacial score (nSPS) is 20.4. The van der Waals surface area contributed by atoms with Gasteiger partial charge in [-0.25, -0.2) is 4.79 Å². The van der Waals surface area contributed by atoms with Crippen molar-refractivity contribution in [2.24, 2.45) is 0 Å². The van der Waals surface area contributed by atoms with Crippen LogP contribution < -0.4 is 5.69 Å². The number of hydrogen-bond acceptors (Lipinski definition) is 2. The highest BCUT2D eigenvalue weighted by atomic mass is 16.2. The molecule has 0 N–H and O–H groups in total. The molecule has 1 aromatic heterocycles. The van der Waals surface area contributed by atoms with E-state index < -0.39 is 0 Å². The van der Waals surface area contributed by atoms with E-state index in [1.807, 2.05) is 34.9 Å². The Hall–Kier alpha value is -2.62. The Labute approximate surface area is 146 Å². The highest BCUT2D eigenvalue weighted by Crippen LogP contribution is 2.47. The third kappa shape index (κ3) is 2.28. The molecule has 0 saturated heterocycles. The van der Waals surface area contributed by atoms with Gasteiger partial charge in [-0.1, -0.05) is 49.4 Å². The van der Waals surface area contributed by atoms with Crippen LogP contribution in [0, 0.1) is 0 Å². The van der Waals surface area contributed by atoms with Gasteiger partial charge in [-0.15, -0.1) is 5.10 Å². The number of hydrogen-bond donors (Lipinski definition) is 0. The summed E-state index contributed by atoms with van der Waals surface area (Å²) in [5.41, 5.74) is 3.70. The molecule has 1 aliphatic heterocycles. The standard InChI is InChI=1S/C21H21N3O/c1-21(13-14-21)16-7-9-17(10-8-16)24-20(25)23-18(11-12-19(23)22-24)15-5-3-2-4-6-15/h2-10,18H,11-14H2,1H3. The lowest BCUT2D eigenvalue weighted by Crippen LogP contribution is -2.26. The predicted molar refractivity (Wildman–Crippen MR) is 97.3 cm³/mol. The van der Waals surface area contributed by atoms with Crippen LogP contribution >= 0.6 is 0 Å². The van der Waals surface area contributed by atoms with E-state index in [2.05, 4.69) is 36.3 Å². The maximum Gasteiger partial charge on any atom is 0.351 e. The average Bonchev–Trinajstić information content (AvgIpc) is 3.14. The number of fused-ring (bicyclic) bond motifs is 1. The smallest absolute Gasteiger partial charge is 0.271 e. The lowest BCUT2D eigenvalue weighted by molar-refractivity contribution is 0.588. The maximum atomic E-state index is 13.0. The number of rotatable bonds is 3. The quantitative estimate of drug-likeness (QED) is 0.735. The summed E-state index contributed by atoms with van der Waals surface area (Å²) < 4.78 is 3.43. The highest BCUT2D eigenvalue weighted by Gasteiger charge is 2.38. The van der Waals surface area contributed by atoms with Crippen LogP contribution in [0.1, 0.15) is 49.2 Å².